The van der Waals surface area contributed by atoms with Crippen LogP contribution in [0.15, 0.2) is 66.7 Å². The van der Waals surface area contributed by atoms with Crippen LogP contribution in [0.3, 0.4) is 0 Å². The van der Waals surface area contributed by atoms with Gasteiger partial charge >= 0.3 is 0 Å². The largest absolute Gasteiger partial charge is 0.336 e. The van der Waals surface area contributed by atoms with Crippen LogP contribution >= 0.6 is 0 Å². The van der Waals surface area contributed by atoms with Gasteiger partial charge in [0.05, 0.1) is 27.5 Å². The summed E-state index contributed by atoms with van der Waals surface area (Å²) < 4.78 is 27.0. The van der Waals surface area contributed by atoms with Crippen molar-refractivity contribution in [2.75, 3.05) is 26.2 Å². The van der Waals surface area contributed by atoms with Gasteiger partial charge in [-0.3, -0.25) is 29.9 Å². The number of carbonyl (C=O) groups excluding carboxylic acids is 1. The summed E-state index contributed by atoms with van der Waals surface area (Å²) in [4.78, 5) is 37.3. The Hall–Kier alpha value is -4.25. The average molecular weight is 482 g/mol. The van der Waals surface area contributed by atoms with Crippen LogP contribution in [0.25, 0.3) is 0 Å². The van der Waals surface area contributed by atoms with Gasteiger partial charge in [0.1, 0.15) is 11.6 Å². The van der Waals surface area contributed by atoms with Gasteiger partial charge in [-0.2, -0.15) is 0 Å². The molecule has 1 aliphatic rings. The summed E-state index contributed by atoms with van der Waals surface area (Å²) in [6.45, 7) is 1.33. The number of hydrogen-bond donors (Lipinski definition) is 0. The van der Waals surface area contributed by atoms with E-state index in [0.717, 1.165) is 29.3 Å². The van der Waals surface area contributed by atoms with Crippen LogP contribution in [0.5, 0.6) is 0 Å². The van der Waals surface area contributed by atoms with Crippen molar-refractivity contribution >= 4 is 17.3 Å². The molecule has 0 unspecified atom stereocenters. The third-order valence-electron chi connectivity index (χ3n) is 5.91. The predicted molar refractivity (Wildman–Crippen MR) is 122 cm³/mol. The first-order valence-electron chi connectivity index (χ1n) is 10.7. The van der Waals surface area contributed by atoms with E-state index in [9.17, 15) is 33.8 Å². The summed E-state index contributed by atoms with van der Waals surface area (Å²) in [5, 5.41) is 22.3. The van der Waals surface area contributed by atoms with E-state index in [1.165, 1.54) is 29.2 Å². The lowest BCUT2D eigenvalue weighted by Crippen LogP contribution is -2.49. The predicted octanol–water partition coefficient (Wildman–Crippen LogP) is 4.33. The maximum absolute atomic E-state index is 13.5. The van der Waals surface area contributed by atoms with Crippen LogP contribution in [0, 0.1) is 31.9 Å². The highest BCUT2D eigenvalue weighted by Gasteiger charge is 2.30. The molecule has 11 heteroatoms. The molecule has 0 N–H and O–H groups in total. The Balaban J connectivity index is 1.56. The number of hydrogen-bond acceptors (Lipinski definition) is 6. The van der Waals surface area contributed by atoms with E-state index in [4.69, 9.17) is 0 Å². The molecule has 3 aromatic carbocycles. The summed E-state index contributed by atoms with van der Waals surface area (Å²) in [5.74, 6) is -1.31. The molecule has 1 saturated heterocycles. The molecule has 1 fully saturated rings. The molecule has 1 heterocycles. The molecular formula is C24H20F2N4O5. The normalized spacial score (nSPS) is 14.2. The van der Waals surface area contributed by atoms with Gasteiger partial charge in [0, 0.05) is 38.3 Å². The first kappa shape index (κ1) is 23.9. The molecule has 180 valence electrons. The number of halogens is 2. The molecule has 0 radical (unpaired) electrons. The molecule has 9 nitrogen and oxygen atoms in total. The van der Waals surface area contributed by atoms with E-state index >= 15 is 0 Å². The SMILES string of the molecule is O=C(c1cc([N+](=O)[O-])cc([N+](=O)[O-])c1)N1CCN(C(c2ccc(F)cc2)c2ccc(F)cc2)CC1. The maximum atomic E-state index is 13.5. The molecule has 0 bridgehead atoms. The van der Waals surface area contributed by atoms with Gasteiger partial charge < -0.3 is 4.90 Å². The average Bonchev–Trinajstić information content (AvgIpc) is 2.86. The summed E-state index contributed by atoms with van der Waals surface area (Å²) in [7, 11) is 0. The molecular weight excluding hydrogens is 462 g/mol. The Kier molecular flexibility index (Phi) is 6.78. The van der Waals surface area contributed by atoms with Gasteiger partial charge in [-0.05, 0) is 35.4 Å². The summed E-state index contributed by atoms with van der Waals surface area (Å²) >= 11 is 0. The minimum absolute atomic E-state index is 0.132. The van der Waals surface area contributed by atoms with E-state index < -0.39 is 27.1 Å². The second-order valence-electron chi connectivity index (χ2n) is 8.09. The fraction of sp³-hybridized carbons (Fsp3) is 0.208. The van der Waals surface area contributed by atoms with Crippen molar-refractivity contribution in [1.29, 1.82) is 0 Å². The van der Waals surface area contributed by atoms with E-state index in [2.05, 4.69) is 4.90 Å². The van der Waals surface area contributed by atoms with Crippen molar-refractivity contribution in [2.24, 2.45) is 0 Å². The van der Waals surface area contributed by atoms with Gasteiger partial charge in [-0.15, -0.1) is 0 Å². The van der Waals surface area contributed by atoms with Crippen molar-refractivity contribution in [1.82, 2.24) is 9.80 Å². The first-order valence-corrected chi connectivity index (χ1v) is 10.7. The zero-order valence-electron chi connectivity index (χ0n) is 18.3. The Labute approximate surface area is 198 Å². The van der Waals surface area contributed by atoms with Gasteiger partial charge in [0.2, 0.25) is 0 Å². The monoisotopic (exact) mass is 482 g/mol. The molecule has 0 saturated carbocycles. The van der Waals surface area contributed by atoms with E-state index in [1.54, 1.807) is 24.3 Å². The van der Waals surface area contributed by atoms with E-state index in [-0.39, 0.29) is 36.3 Å². The number of nitro benzene ring substituents is 2. The Morgan fingerprint density at radius 3 is 1.57 bits per heavy atom. The maximum Gasteiger partial charge on any atom is 0.277 e. The van der Waals surface area contributed by atoms with Crippen molar-refractivity contribution in [3.8, 4) is 0 Å². The zero-order chi connectivity index (χ0) is 25.1. The molecule has 1 amide bonds. The molecule has 3 aromatic rings. The second-order valence-corrected chi connectivity index (χ2v) is 8.09. The van der Waals surface area contributed by atoms with Crippen LogP contribution in [-0.4, -0.2) is 51.7 Å². The molecule has 0 spiro atoms. The number of rotatable bonds is 6. The third-order valence-corrected chi connectivity index (χ3v) is 5.91. The van der Waals surface area contributed by atoms with Crippen LogP contribution in [0.4, 0.5) is 20.2 Å². The van der Waals surface area contributed by atoms with Gasteiger partial charge in [-0.25, -0.2) is 8.78 Å². The molecule has 4 rings (SSSR count). The first-order chi connectivity index (χ1) is 16.7. The molecule has 0 aliphatic carbocycles. The highest BCUT2D eigenvalue weighted by Crippen LogP contribution is 2.31. The van der Waals surface area contributed by atoms with Crippen molar-refractivity contribution < 1.29 is 23.4 Å². The summed E-state index contributed by atoms with van der Waals surface area (Å²) in [6.07, 6.45) is 0. The molecule has 35 heavy (non-hydrogen) atoms. The number of benzene rings is 3. The quantitative estimate of drug-likeness (QED) is 0.382. The topological polar surface area (TPSA) is 110 Å². The van der Waals surface area contributed by atoms with E-state index in [1.807, 2.05) is 0 Å². The standard InChI is InChI=1S/C24H20F2N4O5/c25-19-5-1-16(2-6-19)23(17-3-7-20(26)8-4-17)27-9-11-28(12-10-27)24(31)18-13-21(29(32)33)15-22(14-18)30(34)35/h1-8,13-15,23H,9-12H2. The lowest BCUT2D eigenvalue weighted by molar-refractivity contribution is -0.394. The smallest absolute Gasteiger partial charge is 0.277 e. The Morgan fingerprint density at radius 2 is 1.17 bits per heavy atom. The third kappa shape index (κ3) is 5.30. The summed E-state index contributed by atoms with van der Waals surface area (Å²) in [6, 6.07) is 14.6. The summed E-state index contributed by atoms with van der Waals surface area (Å²) in [5.41, 5.74) is 0.398. The second kappa shape index (κ2) is 9.94. The highest BCUT2D eigenvalue weighted by atomic mass is 19.1. The fourth-order valence-electron chi connectivity index (χ4n) is 4.20. The molecule has 0 atom stereocenters. The lowest BCUT2D eigenvalue weighted by Gasteiger charge is -2.39. The van der Waals surface area contributed by atoms with Crippen LogP contribution in [0.2, 0.25) is 0 Å². The minimum Gasteiger partial charge on any atom is -0.336 e. The van der Waals surface area contributed by atoms with Gasteiger partial charge in [-0.1, -0.05) is 24.3 Å². The number of piperazine rings is 1. The van der Waals surface area contributed by atoms with Crippen molar-refractivity contribution in [3.63, 3.8) is 0 Å². The zero-order valence-corrected chi connectivity index (χ0v) is 18.3. The van der Waals surface area contributed by atoms with Gasteiger partial charge in [0.15, 0.2) is 0 Å². The lowest BCUT2D eigenvalue weighted by atomic mass is 9.96. The number of nitro groups is 2. The van der Waals surface area contributed by atoms with Crippen molar-refractivity contribution in [2.45, 2.75) is 6.04 Å². The van der Waals surface area contributed by atoms with Crippen molar-refractivity contribution in [3.05, 3.63) is 115 Å². The Bertz CT molecular complexity index is 1180. The number of amides is 1. The fourth-order valence-corrected chi connectivity index (χ4v) is 4.20. The minimum atomic E-state index is -0.780. The molecule has 0 aromatic heterocycles. The van der Waals surface area contributed by atoms with Crippen LogP contribution in [0.1, 0.15) is 27.5 Å². The van der Waals surface area contributed by atoms with Crippen LogP contribution in [-0.2, 0) is 0 Å². The number of nitrogens with zero attached hydrogens (tertiary/aromatic N) is 4. The highest BCUT2D eigenvalue weighted by molar-refractivity contribution is 5.95. The number of carbonyl (C=O) groups is 1. The number of non-ortho nitro benzene ring substituents is 2. The Morgan fingerprint density at radius 1 is 0.743 bits per heavy atom. The van der Waals surface area contributed by atoms with Crippen LogP contribution < -0.4 is 0 Å². The molecule has 1 aliphatic heterocycles. The van der Waals surface area contributed by atoms with E-state index in [0.29, 0.717) is 13.1 Å². The van der Waals surface area contributed by atoms with Gasteiger partial charge in [0.25, 0.3) is 17.3 Å².